The summed E-state index contributed by atoms with van der Waals surface area (Å²) in [5, 5.41) is 0. The number of sulfonamides is 1. The number of aryl methyl sites for hydroxylation is 1. The summed E-state index contributed by atoms with van der Waals surface area (Å²) in [5.74, 6) is -4.16. The second-order valence-electron chi connectivity index (χ2n) is 6.28. The van der Waals surface area contributed by atoms with E-state index in [1.54, 1.807) is 19.1 Å². The van der Waals surface area contributed by atoms with Gasteiger partial charge in [-0.15, -0.1) is 0 Å². The highest BCUT2D eigenvalue weighted by Crippen LogP contribution is 2.83. The summed E-state index contributed by atoms with van der Waals surface area (Å²) in [6.07, 6.45) is 0. The molecule has 0 amide bonds. The van der Waals surface area contributed by atoms with Gasteiger partial charge in [-0.1, -0.05) is 126 Å². The number of alkyl halides is 9. The van der Waals surface area contributed by atoms with Crippen LogP contribution in [-0.4, -0.2) is 37.3 Å². The average Bonchev–Trinajstić information content (AvgIpc) is 2.58. The summed E-state index contributed by atoms with van der Waals surface area (Å²) in [4.78, 5) is -0.178. The molecular weight excluding hydrogens is 663 g/mol. The molecule has 4 rings (SSSR count). The Balaban J connectivity index is 2.23. The molecule has 0 aliphatic carbocycles. The van der Waals surface area contributed by atoms with E-state index in [-0.39, 0.29) is 4.90 Å². The van der Waals surface area contributed by atoms with Crippen LogP contribution in [0.25, 0.3) is 0 Å². The molecule has 31 heavy (non-hydrogen) atoms. The van der Waals surface area contributed by atoms with Gasteiger partial charge in [0.25, 0.3) is 10.0 Å². The number of benzene rings is 1. The Bertz CT molecular complexity index is 940. The van der Waals surface area contributed by atoms with Gasteiger partial charge in [0.2, 0.25) is 11.4 Å². The van der Waals surface area contributed by atoms with E-state index in [0.717, 1.165) is 5.56 Å². The first-order valence-electron chi connectivity index (χ1n) is 7.84. The molecule has 18 heteroatoms. The maximum absolute atomic E-state index is 13.0. The molecule has 0 spiro atoms. The standard InChI is InChI=1S/C13H10Cl9NO5P2S/c1-6-2-4-7(5-3-6)31(24,25)23-30-26-8(11(14,15)16)29(9(27-30)12(17,18)19)10(28-30)13(20,21)22/h2-5,8-10H,1H3/t8-,9-,10-,29?,30?/m0/s1. The molecule has 3 saturated heterocycles. The lowest BCUT2D eigenvalue weighted by Crippen LogP contribution is -2.50. The van der Waals surface area contributed by atoms with Crippen molar-refractivity contribution in [3.05, 3.63) is 29.8 Å². The summed E-state index contributed by atoms with van der Waals surface area (Å²) >= 11 is 54.8. The highest BCUT2D eigenvalue weighted by atomic mass is 35.6. The lowest BCUT2D eigenvalue weighted by Gasteiger charge is -2.55. The molecular formula is C13H10Cl9NO5P2S. The molecule has 1 aromatic rings. The fourth-order valence-corrected chi connectivity index (χ4v) is 14.5. The number of rotatable bonds is 2. The van der Waals surface area contributed by atoms with Crippen LogP contribution in [0.1, 0.15) is 5.56 Å². The third kappa shape index (κ3) is 6.18. The van der Waals surface area contributed by atoms with Crippen LogP contribution in [0.5, 0.6) is 0 Å². The van der Waals surface area contributed by atoms with Crippen LogP contribution in [0.2, 0.25) is 0 Å². The number of hydrogen-bond acceptors (Lipinski definition) is 5. The Kier molecular flexibility index (Phi) is 8.39. The minimum Gasteiger partial charge on any atom is -0.289 e. The predicted molar refractivity (Wildman–Crippen MR) is 130 cm³/mol. The molecule has 176 valence electrons. The quantitative estimate of drug-likeness (QED) is 0.234. The van der Waals surface area contributed by atoms with Crippen LogP contribution in [0.3, 0.4) is 0 Å². The van der Waals surface area contributed by atoms with Crippen molar-refractivity contribution in [2.45, 2.75) is 40.7 Å². The minimum absolute atomic E-state index is 0.178. The zero-order valence-electron chi connectivity index (χ0n) is 14.7. The van der Waals surface area contributed by atoms with Gasteiger partial charge in [-0.2, -0.15) is 8.42 Å². The molecule has 3 fully saturated rings. The van der Waals surface area contributed by atoms with Gasteiger partial charge in [0.05, 0.1) is 4.90 Å². The SMILES string of the molecule is Cc1ccc(S(=O)(=O)N=P23O[C@H](C(Cl)(Cl)Cl)P([C@@H](C(Cl)(Cl)Cl)O2)[C@@H](C(Cl)(Cl)Cl)O3)cc1. The molecule has 3 atom stereocenters. The summed E-state index contributed by atoms with van der Waals surface area (Å²) in [7, 11) is -10.8. The summed E-state index contributed by atoms with van der Waals surface area (Å²) < 4.78 is 40.3. The maximum atomic E-state index is 13.0. The number of hydrogen-bond donors (Lipinski definition) is 0. The number of nitrogens with zero attached hydrogens (tertiary/aromatic N) is 1. The summed E-state index contributed by atoms with van der Waals surface area (Å²) in [6.45, 7) is 1.78. The van der Waals surface area contributed by atoms with Crippen molar-refractivity contribution in [3.63, 3.8) is 0 Å². The third-order valence-corrected chi connectivity index (χ3v) is 14.6. The van der Waals surface area contributed by atoms with Crippen molar-refractivity contribution in [3.8, 4) is 0 Å². The lowest BCUT2D eigenvalue weighted by molar-refractivity contribution is 0.0664. The molecule has 1 aromatic carbocycles. The molecule has 3 aliphatic heterocycles. The average molecular weight is 673 g/mol. The predicted octanol–water partition coefficient (Wildman–Crippen LogP) is 8.28. The van der Waals surface area contributed by atoms with Gasteiger partial charge >= 0.3 is 7.74 Å². The van der Waals surface area contributed by atoms with Gasteiger partial charge in [0.15, 0.2) is 0 Å². The second kappa shape index (κ2) is 9.32. The molecule has 0 aromatic heterocycles. The van der Waals surface area contributed by atoms with Crippen LogP contribution in [0, 0.1) is 6.92 Å². The van der Waals surface area contributed by atoms with Crippen molar-refractivity contribution in [1.29, 1.82) is 0 Å². The Morgan fingerprint density at radius 3 is 1.48 bits per heavy atom. The van der Waals surface area contributed by atoms with Crippen molar-refractivity contribution < 1.29 is 22.0 Å². The highest BCUT2D eigenvalue weighted by Gasteiger charge is 2.68. The first kappa shape index (κ1) is 27.9. The second-order valence-corrected chi connectivity index (χ2v) is 19.3. The van der Waals surface area contributed by atoms with Crippen LogP contribution in [0.4, 0.5) is 0 Å². The van der Waals surface area contributed by atoms with Gasteiger partial charge in [-0.25, -0.2) is 0 Å². The molecule has 3 aliphatic rings. The van der Waals surface area contributed by atoms with E-state index in [9.17, 15) is 8.42 Å². The van der Waals surface area contributed by atoms with Crippen molar-refractivity contribution in [1.82, 2.24) is 0 Å². The summed E-state index contributed by atoms with van der Waals surface area (Å²) in [5.41, 5.74) is 0.820. The Hall–Kier alpha value is 2.32. The van der Waals surface area contributed by atoms with Crippen LogP contribution in [-0.2, 0) is 23.6 Å². The summed E-state index contributed by atoms with van der Waals surface area (Å²) in [6, 6.07) is 5.80. The van der Waals surface area contributed by atoms with Crippen LogP contribution < -0.4 is 0 Å². The van der Waals surface area contributed by atoms with E-state index >= 15 is 0 Å². The molecule has 0 unspecified atom stereocenters. The minimum atomic E-state index is -4.41. The van der Waals surface area contributed by atoms with Gasteiger partial charge < -0.3 is 0 Å². The van der Waals surface area contributed by atoms with Gasteiger partial charge in [-0.05, 0) is 19.1 Å². The normalized spacial score (nSPS) is 32.2. The molecule has 2 bridgehead atoms. The molecule has 6 nitrogen and oxygen atoms in total. The Morgan fingerprint density at radius 1 is 0.806 bits per heavy atom. The van der Waals surface area contributed by atoms with Gasteiger partial charge in [0, 0.05) is 7.92 Å². The maximum Gasteiger partial charge on any atom is 0.373 e. The molecule has 0 N–H and O–H groups in total. The fraction of sp³-hybridized carbons (Fsp3) is 0.538. The van der Waals surface area contributed by atoms with E-state index in [0.29, 0.717) is 0 Å². The Morgan fingerprint density at radius 2 is 1.16 bits per heavy atom. The van der Waals surface area contributed by atoms with Crippen molar-refractivity contribution in [2.24, 2.45) is 4.15 Å². The van der Waals surface area contributed by atoms with Crippen molar-refractivity contribution in [2.75, 3.05) is 0 Å². The van der Waals surface area contributed by atoms with E-state index in [1.165, 1.54) is 12.1 Å². The Labute approximate surface area is 225 Å². The van der Waals surface area contributed by atoms with Crippen LogP contribution >= 0.6 is 120 Å². The smallest absolute Gasteiger partial charge is 0.289 e. The largest absolute Gasteiger partial charge is 0.373 e. The highest BCUT2D eigenvalue weighted by molar-refractivity contribution is 7.93. The lowest BCUT2D eigenvalue weighted by atomic mass is 10.2. The van der Waals surface area contributed by atoms with E-state index in [2.05, 4.69) is 4.15 Å². The number of fused-ring (bicyclic) bond motifs is 3. The molecule has 0 saturated carbocycles. The van der Waals surface area contributed by atoms with E-state index in [1.807, 2.05) is 0 Å². The first-order chi connectivity index (χ1) is 13.9. The number of halogens is 9. The van der Waals surface area contributed by atoms with E-state index in [4.69, 9.17) is 118 Å². The third-order valence-electron chi connectivity index (χ3n) is 3.88. The first-order valence-corrected chi connectivity index (χ1v) is 15.7. The molecule has 0 radical (unpaired) electrons. The monoisotopic (exact) mass is 669 g/mol. The van der Waals surface area contributed by atoms with Crippen molar-refractivity contribution >= 4 is 130 Å². The topological polar surface area (TPSA) is 74.2 Å². The van der Waals surface area contributed by atoms with E-state index < -0.39 is 54.6 Å². The van der Waals surface area contributed by atoms with Gasteiger partial charge in [0.1, 0.15) is 17.5 Å². The molecule has 3 heterocycles. The zero-order chi connectivity index (χ0) is 23.6. The van der Waals surface area contributed by atoms with Crippen LogP contribution in [0.15, 0.2) is 33.3 Å². The van der Waals surface area contributed by atoms with Gasteiger partial charge in [-0.3, -0.25) is 13.6 Å². The zero-order valence-corrected chi connectivity index (χ0v) is 24.1. The fourth-order valence-electron chi connectivity index (χ4n) is 2.62.